The van der Waals surface area contributed by atoms with Gasteiger partial charge in [-0.15, -0.1) is 0 Å². The molecule has 2 aromatic carbocycles. The summed E-state index contributed by atoms with van der Waals surface area (Å²) in [5, 5.41) is 9.03. The Hall–Kier alpha value is -2.46. The quantitative estimate of drug-likeness (QED) is 0.589. The van der Waals surface area contributed by atoms with Gasteiger partial charge in [-0.05, 0) is 40.7 Å². The minimum Gasteiger partial charge on any atom is -0.454 e. The van der Waals surface area contributed by atoms with Crippen LogP contribution >= 0.6 is 0 Å². The van der Waals surface area contributed by atoms with Crippen LogP contribution in [0.1, 0.15) is 76.9 Å². The molecule has 0 fully saturated rings. The average molecular weight is 354 g/mol. The van der Waals surface area contributed by atoms with Crippen LogP contribution < -0.4 is 0 Å². The zero-order valence-electron chi connectivity index (χ0n) is 15.8. The SMILES string of the molecule is CC(C)c1ccc(C(=O)COC(=O)c2ccc(CO)cc2)c(C(C)C)c1. The van der Waals surface area contributed by atoms with Crippen LogP contribution in [0.15, 0.2) is 42.5 Å². The molecule has 0 atom stereocenters. The van der Waals surface area contributed by atoms with Gasteiger partial charge in [0.1, 0.15) is 0 Å². The smallest absolute Gasteiger partial charge is 0.338 e. The molecule has 0 aliphatic heterocycles. The molecule has 1 N–H and O–H groups in total. The van der Waals surface area contributed by atoms with E-state index in [0.29, 0.717) is 22.6 Å². The molecule has 0 heterocycles. The van der Waals surface area contributed by atoms with Gasteiger partial charge in [0.05, 0.1) is 12.2 Å². The van der Waals surface area contributed by atoms with E-state index in [-0.39, 0.29) is 24.9 Å². The van der Waals surface area contributed by atoms with Crippen LogP contribution in [-0.2, 0) is 11.3 Å². The van der Waals surface area contributed by atoms with E-state index in [4.69, 9.17) is 9.84 Å². The molecule has 0 aromatic heterocycles. The van der Waals surface area contributed by atoms with Gasteiger partial charge in [-0.2, -0.15) is 0 Å². The second-order valence-electron chi connectivity index (χ2n) is 7.01. The monoisotopic (exact) mass is 354 g/mol. The first-order valence-corrected chi connectivity index (χ1v) is 8.87. The molecule has 0 saturated carbocycles. The average Bonchev–Trinajstić information content (AvgIpc) is 2.65. The molecule has 0 amide bonds. The second kappa shape index (κ2) is 8.77. The largest absolute Gasteiger partial charge is 0.454 e. The van der Waals surface area contributed by atoms with E-state index in [1.54, 1.807) is 24.3 Å². The lowest BCUT2D eigenvalue weighted by molar-refractivity contribution is 0.0474. The number of Topliss-reactive ketones (excluding diaryl/α,β-unsaturated/α-hetero) is 1. The zero-order valence-corrected chi connectivity index (χ0v) is 15.8. The van der Waals surface area contributed by atoms with Crippen molar-refractivity contribution in [2.24, 2.45) is 0 Å². The number of hydrogen-bond donors (Lipinski definition) is 1. The number of carbonyl (C=O) groups is 2. The van der Waals surface area contributed by atoms with Crippen LogP contribution in [-0.4, -0.2) is 23.5 Å². The summed E-state index contributed by atoms with van der Waals surface area (Å²) in [6, 6.07) is 12.3. The van der Waals surface area contributed by atoms with Crippen LogP contribution in [0.2, 0.25) is 0 Å². The fraction of sp³-hybridized carbons (Fsp3) is 0.364. The lowest BCUT2D eigenvalue weighted by atomic mass is 9.90. The number of carbonyl (C=O) groups excluding carboxylic acids is 2. The number of benzene rings is 2. The summed E-state index contributed by atoms with van der Waals surface area (Å²) in [7, 11) is 0. The van der Waals surface area contributed by atoms with Gasteiger partial charge in [-0.25, -0.2) is 4.79 Å². The third-order valence-electron chi connectivity index (χ3n) is 4.37. The highest BCUT2D eigenvalue weighted by Gasteiger charge is 2.17. The van der Waals surface area contributed by atoms with E-state index in [1.165, 1.54) is 5.56 Å². The molecule has 0 unspecified atom stereocenters. The van der Waals surface area contributed by atoms with Crippen molar-refractivity contribution in [1.82, 2.24) is 0 Å². The molecule has 0 saturated heterocycles. The molecule has 138 valence electrons. The standard InChI is InChI=1S/C22H26O4/c1-14(2)18-9-10-19(20(11-18)15(3)4)21(24)13-26-22(25)17-7-5-16(12-23)6-8-17/h5-11,14-15,23H,12-13H2,1-4H3. The molecule has 4 heteroatoms. The van der Waals surface area contributed by atoms with Gasteiger partial charge in [0.15, 0.2) is 6.61 Å². The highest BCUT2D eigenvalue weighted by Crippen LogP contribution is 2.25. The van der Waals surface area contributed by atoms with Crippen molar-refractivity contribution in [1.29, 1.82) is 0 Å². The summed E-state index contributed by atoms with van der Waals surface area (Å²) in [5.74, 6) is -0.164. The Morgan fingerprint density at radius 3 is 2.15 bits per heavy atom. The summed E-state index contributed by atoms with van der Waals surface area (Å²) in [6.07, 6.45) is 0. The summed E-state index contributed by atoms with van der Waals surface area (Å²) in [5.41, 5.74) is 3.84. The van der Waals surface area contributed by atoms with Crippen molar-refractivity contribution < 1.29 is 19.4 Å². The predicted molar refractivity (Wildman–Crippen MR) is 102 cm³/mol. The maximum Gasteiger partial charge on any atom is 0.338 e. The number of ketones is 1. The van der Waals surface area contributed by atoms with Gasteiger partial charge in [-0.3, -0.25) is 4.79 Å². The fourth-order valence-corrected chi connectivity index (χ4v) is 2.71. The van der Waals surface area contributed by atoms with Crippen LogP contribution in [0.4, 0.5) is 0 Å². The van der Waals surface area contributed by atoms with Crippen molar-refractivity contribution in [3.8, 4) is 0 Å². The molecular formula is C22H26O4. The highest BCUT2D eigenvalue weighted by molar-refractivity contribution is 6.00. The van der Waals surface area contributed by atoms with Crippen LogP contribution in [0.3, 0.4) is 0 Å². The van der Waals surface area contributed by atoms with Gasteiger partial charge in [0.25, 0.3) is 0 Å². The Kier molecular flexibility index (Phi) is 6.70. The van der Waals surface area contributed by atoms with Crippen molar-refractivity contribution in [2.75, 3.05) is 6.61 Å². The third-order valence-corrected chi connectivity index (χ3v) is 4.37. The van der Waals surface area contributed by atoms with Gasteiger partial charge in [-0.1, -0.05) is 58.0 Å². The highest BCUT2D eigenvalue weighted by atomic mass is 16.5. The number of ether oxygens (including phenoxy) is 1. The van der Waals surface area contributed by atoms with E-state index in [9.17, 15) is 9.59 Å². The lowest BCUT2D eigenvalue weighted by Gasteiger charge is -2.15. The predicted octanol–water partition coefficient (Wildman–Crippen LogP) is 4.47. The zero-order chi connectivity index (χ0) is 19.3. The summed E-state index contributed by atoms with van der Waals surface area (Å²) in [4.78, 5) is 24.7. The lowest BCUT2D eigenvalue weighted by Crippen LogP contribution is -2.16. The van der Waals surface area contributed by atoms with Crippen molar-refractivity contribution in [2.45, 2.75) is 46.1 Å². The number of rotatable bonds is 7. The summed E-state index contributed by atoms with van der Waals surface area (Å²) >= 11 is 0. The minimum absolute atomic E-state index is 0.0852. The summed E-state index contributed by atoms with van der Waals surface area (Å²) in [6.45, 7) is 7.95. The van der Waals surface area contributed by atoms with Crippen molar-refractivity contribution in [3.05, 3.63) is 70.3 Å². The van der Waals surface area contributed by atoms with Crippen LogP contribution in [0.25, 0.3) is 0 Å². The Bertz CT molecular complexity index is 773. The topological polar surface area (TPSA) is 63.6 Å². The Morgan fingerprint density at radius 2 is 1.62 bits per heavy atom. The molecule has 2 rings (SSSR count). The van der Waals surface area contributed by atoms with E-state index in [2.05, 4.69) is 19.9 Å². The Morgan fingerprint density at radius 1 is 0.962 bits per heavy atom. The maximum absolute atomic E-state index is 12.6. The van der Waals surface area contributed by atoms with Gasteiger partial charge in [0.2, 0.25) is 5.78 Å². The Balaban J connectivity index is 2.10. The number of aliphatic hydroxyl groups is 1. The summed E-state index contributed by atoms with van der Waals surface area (Å²) < 4.78 is 5.18. The molecule has 0 aliphatic rings. The normalized spacial score (nSPS) is 11.0. The minimum atomic E-state index is -0.548. The molecule has 4 nitrogen and oxygen atoms in total. The first-order chi connectivity index (χ1) is 12.3. The molecular weight excluding hydrogens is 328 g/mol. The molecule has 0 aliphatic carbocycles. The fourth-order valence-electron chi connectivity index (χ4n) is 2.71. The van der Waals surface area contributed by atoms with E-state index in [0.717, 1.165) is 5.56 Å². The van der Waals surface area contributed by atoms with Gasteiger partial charge in [0, 0.05) is 5.56 Å². The van der Waals surface area contributed by atoms with Crippen molar-refractivity contribution in [3.63, 3.8) is 0 Å². The maximum atomic E-state index is 12.6. The second-order valence-corrected chi connectivity index (χ2v) is 7.01. The van der Waals surface area contributed by atoms with Crippen molar-refractivity contribution >= 4 is 11.8 Å². The van der Waals surface area contributed by atoms with E-state index in [1.807, 2.05) is 26.0 Å². The molecule has 0 bridgehead atoms. The molecule has 26 heavy (non-hydrogen) atoms. The van der Waals surface area contributed by atoms with Gasteiger partial charge < -0.3 is 9.84 Å². The van der Waals surface area contributed by atoms with E-state index >= 15 is 0 Å². The molecule has 0 radical (unpaired) electrons. The Labute approximate surface area is 154 Å². The first-order valence-electron chi connectivity index (χ1n) is 8.87. The van der Waals surface area contributed by atoms with E-state index < -0.39 is 5.97 Å². The van der Waals surface area contributed by atoms with Gasteiger partial charge >= 0.3 is 5.97 Å². The molecule has 0 spiro atoms. The number of aliphatic hydroxyl groups excluding tert-OH is 1. The van der Waals surface area contributed by atoms with Crippen LogP contribution in [0, 0.1) is 0 Å². The number of hydrogen-bond acceptors (Lipinski definition) is 4. The molecule has 2 aromatic rings. The third kappa shape index (κ3) is 4.79. The number of esters is 1. The first kappa shape index (κ1) is 19.9. The van der Waals surface area contributed by atoms with Crippen LogP contribution in [0.5, 0.6) is 0 Å².